The van der Waals surface area contributed by atoms with E-state index in [0.717, 1.165) is 44.2 Å². The predicted molar refractivity (Wildman–Crippen MR) is 102 cm³/mol. The molecule has 0 aliphatic heterocycles. The van der Waals surface area contributed by atoms with Gasteiger partial charge in [-0.2, -0.15) is 0 Å². The maximum absolute atomic E-state index is 9.77. The van der Waals surface area contributed by atoms with Crippen molar-refractivity contribution in [2.75, 3.05) is 5.32 Å². The number of nitrogens with zero attached hydrogens (tertiary/aromatic N) is 1. The van der Waals surface area contributed by atoms with Crippen molar-refractivity contribution in [3.63, 3.8) is 0 Å². The largest absolute Gasteiger partial charge is 0.508 e. The highest BCUT2D eigenvalue weighted by molar-refractivity contribution is 6.16. The van der Waals surface area contributed by atoms with E-state index < -0.39 is 0 Å². The van der Waals surface area contributed by atoms with Gasteiger partial charge < -0.3 is 15.4 Å². The van der Waals surface area contributed by atoms with E-state index in [4.69, 9.17) is 4.98 Å². The molecule has 5 rings (SSSR count). The van der Waals surface area contributed by atoms with Crippen molar-refractivity contribution in [1.29, 1.82) is 0 Å². The van der Waals surface area contributed by atoms with Crippen LogP contribution in [0.25, 0.3) is 32.8 Å². The molecule has 0 fully saturated rings. The van der Waals surface area contributed by atoms with E-state index in [-0.39, 0.29) is 5.75 Å². The number of aromatic amines is 1. The van der Waals surface area contributed by atoms with Crippen molar-refractivity contribution in [2.24, 2.45) is 0 Å². The smallest absolute Gasteiger partial charge is 0.117 e. The number of benzene rings is 3. The summed E-state index contributed by atoms with van der Waals surface area (Å²) in [4.78, 5) is 8.35. The first-order valence-corrected chi connectivity index (χ1v) is 8.15. The lowest BCUT2D eigenvalue weighted by Gasteiger charge is -2.11. The molecule has 0 spiro atoms. The van der Waals surface area contributed by atoms with Crippen LogP contribution in [0.3, 0.4) is 0 Å². The zero-order valence-electron chi connectivity index (χ0n) is 13.3. The lowest BCUT2D eigenvalue weighted by molar-refractivity contribution is 0.475. The maximum atomic E-state index is 9.77. The van der Waals surface area contributed by atoms with Crippen molar-refractivity contribution in [3.05, 3.63) is 72.8 Å². The molecule has 0 radical (unpaired) electrons. The van der Waals surface area contributed by atoms with E-state index in [2.05, 4.69) is 28.5 Å². The zero-order valence-corrected chi connectivity index (χ0v) is 13.3. The molecule has 4 nitrogen and oxygen atoms in total. The van der Waals surface area contributed by atoms with Gasteiger partial charge in [0.15, 0.2) is 0 Å². The van der Waals surface area contributed by atoms with E-state index in [1.165, 1.54) is 0 Å². The summed E-state index contributed by atoms with van der Waals surface area (Å²) < 4.78 is 0. The lowest BCUT2D eigenvalue weighted by Crippen LogP contribution is -1.94. The van der Waals surface area contributed by atoms with Gasteiger partial charge in [-0.1, -0.05) is 42.5 Å². The summed E-state index contributed by atoms with van der Waals surface area (Å²) in [6.45, 7) is 0. The van der Waals surface area contributed by atoms with E-state index in [0.29, 0.717) is 0 Å². The van der Waals surface area contributed by atoms with Gasteiger partial charge in [-0.05, 0) is 24.3 Å². The predicted octanol–water partition coefficient (Wildman–Crippen LogP) is 5.32. The monoisotopic (exact) mass is 325 g/mol. The molecule has 2 aromatic heterocycles. The Balaban J connectivity index is 1.86. The standard InChI is InChI=1S/C21H15N3O/c25-14-7-5-6-13(12-14)22-19-15-8-1-3-10-17(15)23-20-16-9-2-4-11-18(16)24-21(19)20/h1-12,24-25H,(H,22,23). The number of aromatic hydroxyl groups is 1. The number of H-pyrrole nitrogens is 1. The second-order valence-electron chi connectivity index (χ2n) is 6.07. The van der Waals surface area contributed by atoms with Crippen molar-refractivity contribution in [1.82, 2.24) is 9.97 Å². The van der Waals surface area contributed by atoms with Crippen molar-refractivity contribution >= 4 is 44.2 Å². The second-order valence-corrected chi connectivity index (χ2v) is 6.07. The molecule has 3 aromatic carbocycles. The molecular weight excluding hydrogens is 310 g/mol. The van der Waals surface area contributed by atoms with Crippen molar-refractivity contribution < 1.29 is 5.11 Å². The van der Waals surface area contributed by atoms with Gasteiger partial charge in [0, 0.05) is 28.0 Å². The fourth-order valence-electron chi connectivity index (χ4n) is 3.32. The number of hydrogen-bond acceptors (Lipinski definition) is 3. The van der Waals surface area contributed by atoms with Crippen LogP contribution in [0.1, 0.15) is 0 Å². The van der Waals surface area contributed by atoms with Gasteiger partial charge in [0.25, 0.3) is 0 Å². The third-order valence-corrected chi connectivity index (χ3v) is 4.45. The summed E-state index contributed by atoms with van der Waals surface area (Å²) in [7, 11) is 0. The van der Waals surface area contributed by atoms with Gasteiger partial charge in [-0.25, -0.2) is 4.98 Å². The fourth-order valence-corrected chi connectivity index (χ4v) is 3.32. The Labute approximate surface area is 143 Å². The van der Waals surface area contributed by atoms with Crippen LogP contribution in [0.4, 0.5) is 11.4 Å². The molecule has 0 atom stereocenters. The quantitative estimate of drug-likeness (QED) is 0.412. The molecule has 0 unspecified atom stereocenters. The molecule has 0 saturated heterocycles. The minimum Gasteiger partial charge on any atom is -0.508 e. The Hall–Kier alpha value is -3.53. The average molecular weight is 325 g/mol. The van der Waals surface area contributed by atoms with Gasteiger partial charge in [0.1, 0.15) is 5.75 Å². The number of aromatic nitrogens is 2. The average Bonchev–Trinajstić information content (AvgIpc) is 3.00. The van der Waals surface area contributed by atoms with Crippen molar-refractivity contribution in [3.8, 4) is 5.75 Å². The number of para-hydroxylation sites is 2. The highest BCUT2D eigenvalue weighted by Crippen LogP contribution is 2.36. The van der Waals surface area contributed by atoms with Crippen molar-refractivity contribution in [2.45, 2.75) is 0 Å². The van der Waals surface area contributed by atoms with Crippen LogP contribution in [0, 0.1) is 0 Å². The molecule has 0 bridgehead atoms. The summed E-state index contributed by atoms with van der Waals surface area (Å²) in [5.41, 5.74) is 5.68. The van der Waals surface area contributed by atoms with Gasteiger partial charge in [-0.15, -0.1) is 0 Å². The maximum Gasteiger partial charge on any atom is 0.117 e. The Morgan fingerprint density at radius 3 is 2.52 bits per heavy atom. The number of hydrogen-bond donors (Lipinski definition) is 3. The van der Waals surface area contributed by atoms with Crippen LogP contribution >= 0.6 is 0 Å². The number of anilines is 2. The summed E-state index contributed by atoms with van der Waals surface area (Å²) in [5.74, 6) is 0.233. The number of fused-ring (bicyclic) bond motifs is 4. The number of phenols is 1. The number of rotatable bonds is 2. The Morgan fingerprint density at radius 2 is 1.64 bits per heavy atom. The Kier molecular flexibility index (Phi) is 2.91. The zero-order chi connectivity index (χ0) is 16.8. The van der Waals surface area contributed by atoms with Gasteiger partial charge >= 0.3 is 0 Å². The molecule has 0 saturated carbocycles. The van der Waals surface area contributed by atoms with Crippen LogP contribution in [0.2, 0.25) is 0 Å². The lowest BCUT2D eigenvalue weighted by atomic mass is 10.1. The highest BCUT2D eigenvalue weighted by atomic mass is 16.3. The first kappa shape index (κ1) is 13.9. The molecule has 4 heteroatoms. The topological polar surface area (TPSA) is 60.9 Å². The first-order valence-electron chi connectivity index (χ1n) is 8.15. The molecule has 2 heterocycles. The molecule has 5 aromatic rings. The minimum atomic E-state index is 0.233. The van der Waals surface area contributed by atoms with E-state index in [1.54, 1.807) is 12.1 Å². The molecule has 3 N–H and O–H groups in total. The second kappa shape index (κ2) is 5.24. The molecule has 0 amide bonds. The molecule has 0 aliphatic rings. The van der Waals surface area contributed by atoms with E-state index in [9.17, 15) is 5.11 Å². The minimum absolute atomic E-state index is 0.233. The Morgan fingerprint density at radius 1 is 0.840 bits per heavy atom. The SMILES string of the molecule is Oc1cccc(Nc2c3ccccc3nc3c2[nH]c2ccccc23)c1. The summed E-state index contributed by atoms with van der Waals surface area (Å²) in [5, 5.41) is 15.4. The van der Waals surface area contributed by atoms with Gasteiger partial charge in [-0.3, -0.25) is 0 Å². The molecule has 0 aliphatic carbocycles. The van der Waals surface area contributed by atoms with E-state index >= 15 is 0 Å². The molecular formula is C21H15N3O. The highest BCUT2D eigenvalue weighted by Gasteiger charge is 2.14. The van der Waals surface area contributed by atoms with Crippen LogP contribution in [-0.4, -0.2) is 15.1 Å². The fraction of sp³-hybridized carbons (Fsp3) is 0. The van der Waals surface area contributed by atoms with Gasteiger partial charge in [0.2, 0.25) is 0 Å². The summed E-state index contributed by atoms with van der Waals surface area (Å²) >= 11 is 0. The summed E-state index contributed by atoms with van der Waals surface area (Å²) in [6, 6.07) is 23.4. The van der Waals surface area contributed by atoms with Gasteiger partial charge in [0.05, 0.1) is 22.2 Å². The third kappa shape index (κ3) is 2.19. The van der Waals surface area contributed by atoms with Crippen LogP contribution < -0.4 is 5.32 Å². The molecule has 25 heavy (non-hydrogen) atoms. The third-order valence-electron chi connectivity index (χ3n) is 4.45. The summed E-state index contributed by atoms with van der Waals surface area (Å²) in [6.07, 6.45) is 0. The first-order chi connectivity index (χ1) is 12.3. The molecule has 120 valence electrons. The van der Waals surface area contributed by atoms with Crippen LogP contribution in [0.15, 0.2) is 72.8 Å². The van der Waals surface area contributed by atoms with E-state index in [1.807, 2.05) is 42.5 Å². The Bertz CT molecular complexity index is 1240. The number of nitrogens with one attached hydrogen (secondary N) is 2. The number of phenolic OH excluding ortho intramolecular Hbond substituents is 1. The normalized spacial score (nSPS) is 11.4. The number of pyridine rings is 1. The van der Waals surface area contributed by atoms with Crippen LogP contribution in [-0.2, 0) is 0 Å². The van der Waals surface area contributed by atoms with Crippen LogP contribution in [0.5, 0.6) is 5.75 Å².